The Labute approximate surface area is 178 Å². The molecule has 1 fully saturated rings. The van der Waals surface area contributed by atoms with Crippen molar-refractivity contribution in [3.05, 3.63) is 52.6 Å². The number of thioether (sulfide) groups is 1. The summed E-state index contributed by atoms with van der Waals surface area (Å²) in [4.78, 5) is 32.0. The van der Waals surface area contributed by atoms with E-state index in [1.165, 1.54) is 18.0 Å². The van der Waals surface area contributed by atoms with Crippen LogP contribution in [0.3, 0.4) is 0 Å². The van der Waals surface area contributed by atoms with E-state index in [4.69, 9.17) is 23.2 Å². The highest BCUT2D eigenvalue weighted by Gasteiger charge is 2.30. The minimum Gasteiger partial charge on any atom is -0.342 e. The molecule has 2 amide bonds. The first-order valence-electron chi connectivity index (χ1n) is 9.06. The van der Waals surface area contributed by atoms with Gasteiger partial charge in [0.15, 0.2) is 0 Å². The highest BCUT2D eigenvalue weighted by molar-refractivity contribution is 8.00. The van der Waals surface area contributed by atoms with Crippen LogP contribution in [0.4, 0.5) is 5.82 Å². The number of hydrogen-bond donors (Lipinski definition) is 1. The maximum absolute atomic E-state index is 12.8. The molecule has 1 aliphatic heterocycles. The molecule has 1 saturated heterocycles. The van der Waals surface area contributed by atoms with Gasteiger partial charge in [-0.1, -0.05) is 35.3 Å². The molecule has 0 spiro atoms. The molecule has 0 bridgehead atoms. The van der Waals surface area contributed by atoms with Gasteiger partial charge in [-0.15, -0.1) is 11.8 Å². The van der Waals surface area contributed by atoms with E-state index < -0.39 is 0 Å². The number of nitrogens with one attached hydrogen (secondary N) is 1. The third-order valence-corrected chi connectivity index (χ3v) is 6.47. The molecule has 0 radical (unpaired) electrons. The number of piperidine rings is 1. The summed E-state index contributed by atoms with van der Waals surface area (Å²) >= 11 is 13.5. The lowest BCUT2D eigenvalue weighted by atomic mass is 9.95. The van der Waals surface area contributed by atoms with Crippen LogP contribution in [-0.4, -0.2) is 40.0 Å². The number of likely N-dealkylation sites (tertiary alicyclic amines) is 1. The van der Waals surface area contributed by atoms with Gasteiger partial charge in [-0.25, -0.2) is 4.98 Å². The maximum Gasteiger partial charge on any atom is 0.235 e. The lowest BCUT2D eigenvalue weighted by Crippen LogP contribution is -2.44. The van der Waals surface area contributed by atoms with Crippen LogP contribution in [-0.2, 0) is 9.59 Å². The number of anilines is 1. The maximum atomic E-state index is 12.8. The first kappa shape index (κ1) is 21.0. The Balaban J connectivity index is 1.50. The summed E-state index contributed by atoms with van der Waals surface area (Å²) in [5.41, 5.74) is 0. The van der Waals surface area contributed by atoms with Gasteiger partial charge in [0.2, 0.25) is 11.8 Å². The Hall–Kier alpha value is -1.76. The zero-order valence-electron chi connectivity index (χ0n) is 15.4. The predicted octanol–water partition coefficient (Wildman–Crippen LogP) is 4.75. The second kappa shape index (κ2) is 9.63. The van der Waals surface area contributed by atoms with Gasteiger partial charge >= 0.3 is 0 Å². The molecule has 1 N–H and O–H groups in total. The van der Waals surface area contributed by atoms with Crippen molar-refractivity contribution >= 4 is 52.6 Å². The number of halogens is 2. The number of rotatable bonds is 5. The molecule has 1 aliphatic rings. The van der Waals surface area contributed by atoms with Gasteiger partial charge in [0.1, 0.15) is 5.82 Å². The summed E-state index contributed by atoms with van der Waals surface area (Å²) in [5, 5.41) is 3.75. The average molecular weight is 438 g/mol. The first-order valence-corrected chi connectivity index (χ1v) is 10.7. The SMILES string of the molecule is CC(Sc1ccccc1Cl)C(=O)N1CCC(C(=O)Nc2ccc(Cl)cn2)CC1. The summed E-state index contributed by atoms with van der Waals surface area (Å²) in [6, 6.07) is 10.9. The molecule has 0 saturated carbocycles. The Morgan fingerprint density at radius 1 is 1.18 bits per heavy atom. The van der Waals surface area contributed by atoms with Crippen LogP contribution in [0.2, 0.25) is 10.0 Å². The lowest BCUT2D eigenvalue weighted by molar-refractivity contribution is -0.133. The summed E-state index contributed by atoms with van der Waals surface area (Å²) < 4.78 is 0. The number of carbonyl (C=O) groups is 2. The monoisotopic (exact) mass is 437 g/mol. The van der Waals surface area contributed by atoms with Gasteiger partial charge in [0, 0.05) is 30.1 Å². The summed E-state index contributed by atoms with van der Waals surface area (Å²) in [6.07, 6.45) is 2.76. The van der Waals surface area contributed by atoms with E-state index in [1.54, 1.807) is 12.1 Å². The van der Waals surface area contributed by atoms with Crippen molar-refractivity contribution in [3.63, 3.8) is 0 Å². The van der Waals surface area contributed by atoms with Gasteiger partial charge in [-0.05, 0) is 44.0 Å². The van der Waals surface area contributed by atoms with Gasteiger partial charge in [-0.3, -0.25) is 9.59 Å². The minimum absolute atomic E-state index is 0.0691. The number of carbonyl (C=O) groups excluding carboxylic acids is 2. The molecule has 2 aromatic rings. The molecular weight excluding hydrogens is 417 g/mol. The van der Waals surface area contributed by atoms with Crippen LogP contribution in [0.5, 0.6) is 0 Å². The highest BCUT2D eigenvalue weighted by Crippen LogP contribution is 2.31. The topological polar surface area (TPSA) is 62.3 Å². The Morgan fingerprint density at radius 2 is 1.89 bits per heavy atom. The fraction of sp³-hybridized carbons (Fsp3) is 0.350. The molecule has 3 rings (SSSR count). The smallest absolute Gasteiger partial charge is 0.235 e. The number of benzene rings is 1. The van der Waals surface area contributed by atoms with Crippen molar-refractivity contribution in [2.45, 2.75) is 29.9 Å². The summed E-state index contributed by atoms with van der Waals surface area (Å²) in [6.45, 7) is 3.03. The van der Waals surface area contributed by atoms with Gasteiger partial charge in [-0.2, -0.15) is 0 Å². The van der Waals surface area contributed by atoms with Crippen molar-refractivity contribution < 1.29 is 9.59 Å². The standard InChI is InChI=1S/C20H21Cl2N3O2S/c1-13(28-17-5-3-2-4-16(17)22)20(27)25-10-8-14(9-11-25)19(26)24-18-7-6-15(21)12-23-18/h2-7,12-14H,8-11H2,1H3,(H,23,24,26). The fourth-order valence-corrected chi connectivity index (χ4v) is 4.43. The molecule has 1 aromatic heterocycles. The van der Waals surface area contributed by atoms with E-state index in [9.17, 15) is 9.59 Å². The van der Waals surface area contributed by atoms with Crippen molar-refractivity contribution in [2.24, 2.45) is 5.92 Å². The molecule has 5 nitrogen and oxygen atoms in total. The number of hydrogen-bond acceptors (Lipinski definition) is 4. The fourth-order valence-electron chi connectivity index (χ4n) is 3.08. The number of pyridine rings is 1. The third-order valence-electron chi connectivity index (χ3n) is 4.64. The number of aromatic nitrogens is 1. The van der Waals surface area contributed by atoms with Crippen LogP contribution < -0.4 is 5.32 Å². The quantitative estimate of drug-likeness (QED) is 0.685. The summed E-state index contributed by atoms with van der Waals surface area (Å²) in [5.74, 6) is 0.356. The molecule has 8 heteroatoms. The second-order valence-electron chi connectivity index (χ2n) is 6.64. The van der Waals surface area contributed by atoms with Crippen LogP contribution in [0.1, 0.15) is 19.8 Å². The van der Waals surface area contributed by atoms with E-state index in [-0.39, 0.29) is 23.0 Å². The zero-order chi connectivity index (χ0) is 20.1. The second-order valence-corrected chi connectivity index (χ2v) is 8.87. The van der Waals surface area contributed by atoms with E-state index in [2.05, 4.69) is 10.3 Å². The van der Waals surface area contributed by atoms with E-state index >= 15 is 0 Å². The molecule has 1 unspecified atom stereocenters. The van der Waals surface area contributed by atoms with Gasteiger partial charge < -0.3 is 10.2 Å². The molecule has 2 heterocycles. The van der Waals surface area contributed by atoms with Crippen molar-refractivity contribution in [1.82, 2.24) is 9.88 Å². The molecule has 1 aromatic carbocycles. The first-order chi connectivity index (χ1) is 13.4. The van der Waals surface area contributed by atoms with E-state index in [0.29, 0.717) is 41.8 Å². The predicted molar refractivity (Wildman–Crippen MR) is 114 cm³/mol. The Bertz CT molecular complexity index is 840. The van der Waals surface area contributed by atoms with Crippen LogP contribution in [0, 0.1) is 5.92 Å². The molecule has 1 atom stereocenters. The molecular formula is C20H21Cl2N3O2S. The van der Waals surface area contributed by atoms with E-state index in [0.717, 1.165) is 4.90 Å². The molecule has 0 aliphatic carbocycles. The highest BCUT2D eigenvalue weighted by atomic mass is 35.5. The van der Waals surface area contributed by atoms with Gasteiger partial charge in [0.25, 0.3) is 0 Å². The summed E-state index contributed by atoms with van der Waals surface area (Å²) in [7, 11) is 0. The van der Waals surface area contributed by atoms with Crippen LogP contribution >= 0.6 is 35.0 Å². The Kier molecular flexibility index (Phi) is 7.21. The van der Waals surface area contributed by atoms with Crippen LogP contribution in [0.15, 0.2) is 47.5 Å². The van der Waals surface area contributed by atoms with Crippen LogP contribution in [0.25, 0.3) is 0 Å². The van der Waals surface area contributed by atoms with Crippen molar-refractivity contribution in [2.75, 3.05) is 18.4 Å². The average Bonchev–Trinajstić information content (AvgIpc) is 2.71. The third kappa shape index (κ3) is 5.40. The zero-order valence-corrected chi connectivity index (χ0v) is 17.7. The normalized spacial score (nSPS) is 15.9. The number of nitrogens with zero attached hydrogens (tertiary/aromatic N) is 2. The molecule has 148 valence electrons. The lowest BCUT2D eigenvalue weighted by Gasteiger charge is -2.32. The van der Waals surface area contributed by atoms with Crippen molar-refractivity contribution in [3.8, 4) is 0 Å². The largest absolute Gasteiger partial charge is 0.342 e. The van der Waals surface area contributed by atoms with Crippen molar-refractivity contribution in [1.29, 1.82) is 0 Å². The molecule has 28 heavy (non-hydrogen) atoms. The number of amides is 2. The van der Waals surface area contributed by atoms with E-state index in [1.807, 2.05) is 36.1 Å². The Morgan fingerprint density at radius 3 is 2.54 bits per heavy atom. The van der Waals surface area contributed by atoms with Gasteiger partial charge in [0.05, 0.1) is 15.3 Å². The minimum atomic E-state index is -0.233.